The van der Waals surface area contributed by atoms with E-state index in [4.69, 9.17) is 0 Å². The van der Waals surface area contributed by atoms with E-state index >= 15 is 0 Å². The van der Waals surface area contributed by atoms with Crippen LogP contribution in [0.5, 0.6) is 0 Å². The second-order valence-corrected chi connectivity index (χ2v) is 6.98. The molecule has 0 bridgehead atoms. The van der Waals surface area contributed by atoms with Gasteiger partial charge in [-0.3, -0.25) is 4.79 Å². The summed E-state index contributed by atoms with van der Waals surface area (Å²) in [4.78, 5) is 12.0. The lowest BCUT2D eigenvalue weighted by molar-refractivity contribution is 0.0946. The normalized spacial score (nSPS) is 11.5. The molecule has 2 N–H and O–H groups in total. The quantitative estimate of drug-likeness (QED) is 0.767. The van der Waals surface area contributed by atoms with Crippen LogP contribution in [0.2, 0.25) is 0 Å². The predicted octanol–water partition coefficient (Wildman–Crippen LogP) is 0.940. The number of halogens is 1. The van der Waals surface area contributed by atoms with E-state index in [0.717, 1.165) is 17.4 Å². The van der Waals surface area contributed by atoms with E-state index in [1.807, 2.05) is 17.7 Å². The SMILES string of the molecule is CCCn1cc(Br)cc1C(=O)NCCS(=O)(=O)NC. The van der Waals surface area contributed by atoms with Gasteiger partial charge in [0.25, 0.3) is 5.91 Å². The minimum atomic E-state index is -3.29. The Morgan fingerprint density at radius 2 is 2.16 bits per heavy atom. The minimum Gasteiger partial charge on any atom is -0.350 e. The highest BCUT2D eigenvalue weighted by atomic mass is 79.9. The summed E-state index contributed by atoms with van der Waals surface area (Å²) in [7, 11) is -1.95. The highest BCUT2D eigenvalue weighted by Crippen LogP contribution is 2.15. The first-order valence-electron chi connectivity index (χ1n) is 5.94. The van der Waals surface area contributed by atoms with Gasteiger partial charge in [0, 0.05) is 23.8 Å². The zero-order valence-electron chi connectivity index (χ0n) is 10.9. The van der Waals surface area contributed by atoms with Crippen LogP contribution in [0.25, 0.3) is 0 Å². The van der Waals surface area contributed by atoms with E-state index in [9.17, 15) is 13.2 Å². The maximum Gasteiger partial charge on any atom is 0.267 e. The van der Waals surface area contributed by atoms with Crippen LogP contribution < -0.4 is 10.0 Å². The van der Waals surface area contributed by atoms with Gasteiger partial charge >= 0.3 is 0 Å². The van der Waals surface area contributed by atoms with Crippen LogP contribution in [0.3, 0.4) is 0 Å². The predicted molar refractivity (Wildman–Crippen MR) is 77.6 cm³/mol. The van der Waals surface area contributed by atoms with Crippen molar-refractivity contribution in [2.45, 2.75) is 19.9 Å². The van der Waals surface area contributed by atoms with Crippen molar-refractivity contribution < 1.29 is 13.2 Å². The van der Waals surface area contributed by atoms with Crippen LogP contribution in [-0.2, 0) is 16.6 Å². The van der Waals surface area contributed by atoms with Crippen molar-refractivity contribution in [3.63, 3.8) is 0 Å². The second kappa shape index (κ2) is 7.06. The average Bonchev–Trinajstić information content (AvgIpc) is 2.70. The molecule has 1 aromatic rings. The highest BCUT2D eigenvalue weighted by Gasteiger charge is 2.13. The number of nitrogens with zero attached hydrogens (tertiary/aromatic N) is 1. The zero-order valence-corrected chi connectivity index (χ0v) is 13.3. The van der Waals surface area contributed by atoms with E-state index in [1.54, 1.807) is 6.07 Å². The Morgan fingerprint density at radius 1 is 1.47 bits per heavy atom. The lowest BCUT2D eigenvalue weighted by atomic mass is 10.4. The molecule has 1 aromatic heterocycles. The van der Waals surface area contributed by atoms with Crippen molar-refractivity contribution in [2.24, 2.45) is 0 Å². The minimum absolute atomic E-state index is 0.0803. The number of amides is 1. The molecule has 0 unspecified atom stereocenters. The molecule has 8 heteroatoms. The fraction of sp³-hybridized carbons (Fsp3) is 0.545. The molecule has 0 spiro atoms. The number of nitrogens with one attached hydrogen (secondary N) is 2. The Kier molecular flexibility index (Phi) is 6.02. The van der Waals surface area contributed by atoms with Gasteiger partial charge in [0.15, 0.2) is 0 Å². The standard InChI is InChI=1S/C11H18BrN3O3S/c1-3-5-15-8-9(12)7-10(15)11(16)14-4-6-19(17,18)13-2/h7-8,13H,3-6H2,1-2H3,(H,14,16). The van der Waals surface area contributed by atoms with Gasteiger partial charge in [-0.15, -0.1) is 0 Å². The van der Waals surface area contributed by atoms with E-state index in [-0.39, 0.29) is 18.2 Å². The maximum atomic E-state index is 12.0. The Labute approximate surface area is 121 Å². The Hall–Kier alpha value is -0.860. The van der Waals surface area contributed by atoms with E-state index in [1.165, 1.54) is 7.05 Å². The van der Waals surface area contributed by atoms with Gasteiger partial charge in [-0.25, -0.2) is 13.1 Å². The molecule has 1 heterocycles. The molecule has 6 nitrogen and oxygen atoms in total. The third-order valence-electron chi connectivity index (χ3n) is 2.53. The molecule has 1 rings (SSSR count). The highest BCUT2D eigenvalue weighted by molar-refractivity contribution is 9.10. The number of carbonyl (C=O) groups is 1. The molecule has 0 aliphatic carbocycles. The molecule has 1 amide bonds. The van der Waals surface area contributed by atoms with Crippen molar-refractivity contribution >= 4 is 31.9 Å². The summed E-state index contributed by atoms with van der Waals surface area (Å²) < 4.78 is 27.3. The monoisotopic (exact) mass is 351 g/mol. The first-order chi connectivity index (χ1) is 8.89. The maximum absolute atomic E-state index is 12.0. The molecule has 0 saturated heterocycles. The summed E-state index contributed by atoms with van der Waals surface area (Å²) in [5.41, 5.74) is 0.524. The van der Waals surface area contributed by atoms with Gasteiger partial charge in [0.1, 0.15) is 5.69 Å². The summed E-state index contributed by atoms with van der Waals surface area (Å²) in [5.74, 6) is -0.407. The van der Waals surface area contributed by atoms with Crippen molar-refractivity contribution in [3.05, 3.63) is 22.4 Å². The van der Waals surface area contributed by atoms with Crippen molar-refractivity contribution in [1.29, 1.82) is 0 Å². The Bertz CT molecular complexity index is 539. The molecule has 0 aromatic carbocycles. The summed E-state index contributed by atoms with van der Waals surface area (Å²) in [6.07, 6.45) is 2.75. The molecular weight excluding hydrogens is 334 g/mol. The third kappa shape index (κ3) is 4.96. The molecule has 19 heavy (non-hydrogen) atoms. The summed E-state index contributed by atoms with van der Waals surface area (Å²) in [6.45, 7) is 2.84. The molecule has 108 valence electrons. The van der Waals surface area contributed by atoms with Crippen LogP contribution in [0.1, 0.15) is 23.8 Å². The smallest absolute Gasteiger partial charge is 0.267 e. The summed E-state index contributed by atoms with van der Waals surface area (Å²) in [5, 5.41) is 2.60. The number of sulfonamides is 1. The molecule has 0 radical (unpaired) electrons. The number of hydrogen-bond acceptors (Lipinski definition) is 3. The molecular formula is C11H18BrN3O3S. The first-order valence-corrected chi connectivity index (χ1v) is 8.39. The number of rotatable bonds is 7. The van der Waals surface area contributed by atoms with Gasteiger partial charge in [-0.1, -0.05) is 6.92 Å². The van der Waals surface area contributed by atoms with Crippen LogP contribution in [0.15, 0.2) is 16.7 Å². The fourth-order valence-electron chi connectivity index (χ4n) is 1.58. The van der Waals surface area contributed by atoms with E-state index in [0.29, 0.717) is 5.69 Å². The number of aryl methyl sites for hydroxylation is 1. The summed E-state index contributed by atoms with van der Waals surface area (Å²) >= 11 is 3.33. The second-order valence-electron chi connectivity index (χ2n) is 4.02. The molecule has 0 aliphatic heterocycles. The van der Waals surface area contributed by atoms with Gasteiger partial charge < -0.3 is 9.88 Å². The van der Waals surface area contributed by atoms with Crippen molar-refractivity contribution in [3.8, 4) is 0 Å². The largest absolute Gasteiger partial charge is 0.350 e. The van der Waals surface area contributed by atoms with Crippen molar-refractivity contribution in [1.82, 2.24) is 14.6 Å². The molecule has 0 saturated carbocycles. The van der Waals surface area contributed by atoms with Crippen LogP contribution >= 0.6 is 15.9 Å². The topological polar surface area (TPSA) is 80.2 Å². The van der Waals surface area contributed by atoms with E-state index < -0.39 is 10.0 Å². The van der Waals surface area contributed by atoms with Crippen molar-refractivity contribution in [2.75, 3.05) is 19.3 Å². The zero-order chi connectivity index (χ0) is 14.5. The molecule has 0 aliphatic rings. The fourth-order valence-corrected chi connectivity index (χ4v) is 2.62. The van der Waals surface area contributed by atoms with Crippen LogP contribution in [-0.4, -0.2) is 38.2 Å². The number of carbonyl (C=O) groups excluding carboxylic acids is 1. The van der Waals surface area contributed by atoms with Gasteiger partial charge in [-0.2, -0.15) is 0 Å². The summed E-state index contributed by atoms with van der Waals surface area (Å²) in [6, 6.07) is 1.72. The van der Waals surface area contributed by atoms with Crippen LogP contribution in [0.4, 0.5) is 0 Å². The average molecular weight is 352 g/mol. The van der Waals surface area contributed by atoms with Gasteiger partial charge in [0.2, 0.25) is 10.0 Å². The number of aromatic nitrogens is 1. The number of hydrogen-bond donors (Lipinski definition) is 2. The first kappa shape index (κ1) is 16.2. The van der Waals surface area contributed by atoms with E-state index in [2.05, 4.69) is 26.0 Å². The third-order valence-corrected chi connectivity index (χ3v) is 4.32. The molecule has 0 fully saturated rings. The lowest BCUT2D eigenvalue weighted by Crippen LogP contribution is -2.33. The van der Waals surface area contributed by atoms with Gasteiger partial charge in [-0.05, 0) is 35.5 Å². The Balaban J connectivity index is 2.63. The Morgan fingerprint density at radius 3 is 2.74 bits per heavy atom. The van der Waals surface area contributed by atoms with Gasteiger partial charge in [0.05, 0.1) is 5.75 Å². The lowest BCUT2D eigenvalue weighted by Gasteiger charge is -2.08. The molecule has 0 atom stereocenters. The van der Waals surface area contributed by atoms with Crippen LogP contribution in [0, 0.1) is 0 Å².